The molecule has 0 fully saturated rings. The zero-order valence-corrected chi connectivity index (χ0v) is 20.2. The molecule has 0 saturated heterocycles. The van der Waals surface area contributed by atoms with Crippen LogP contribution in [0.1, 0.15) is 35.9 Å². The van der Waals surface area contributed by atoms with Crippen molar-refractivity contribution in [2.24, 2.45) is 0 Å². The first kappa shape index (κ1) is 21.9. The Hall–Kier alpha value is -2.96. The van der Waals surface area contributed by atoms with E-state index in [1.807, 2.05) is 54.6 Å². The Kier molecular flexibility index (Phi) is 5.81. The molecule has 5 rings (SSSR count). The second kappa shape index (κ2) is 8.76. The van der Waals surface area contributed by atoms with Crippen molar-refractivity contribution >= 4 is 44.7 Å². The lowest BCUT2D eigenvalue weighted by molar-refractivity contribution is -0.116. The maximum atomic E-state index is 13.6. The molecule has 2 unspecified atom stereocenters. The Morgan fingerprint density at radius 1 is 1.06 bits per heavy atom. The fraction of sp³-hybridized carbons (Fsp3) is 0.192. The van der Waals surface area contributed by atoms with Crippen LogP contribution in [-0.4, -0.2) is 18.0 Å². The number of carbonyl (C=O) groups excluding carboxylic acids is 1. The van der Waals surface area contributed by atoms with Gasteiger partial charge in [0.15, 0.2) is 17.3 Å². The maximum Gasteiger partial charge on any atom is 0.172 e. The Morgan fingerprint density at radius 2 is 1.79 bits per heavy atom. The van der Waals surface area contributed by atoms with Crippen LogP contribution in [0.15, 0.2) is 76.4 Å². The smallest absolute Gasteiger partial charge is 0.172 e. The molecule has 0 spiro atoms. The monoisotopic (exact) mass is 524 g/mol. The van der Waals surface area contributed by atoms with Gasteiger partial charge in [-0.15, -0.1) is 0 Å². The number of hydrogen-bond acceptors (Lipinski definition) is 5. The number of hydrogen-bond donors (Lipinski definition) is 3. The molecule has 33 heavy (non-hydrogen) atoms. The number of ketones is 1. The minimum atomic E-state index is -0.415. The van der Waals surface area contributed by atoms with E-state index >= 15 is 0 Å². The minimum Gasteiger partial charge on any atom is -0.503 e. The molecular formula is C26H22BrClN2O3. The highest BCUT2D eigenvalue weighted by Gasteiger charge is 2.37. The SMILES string of the molecule is COc1cc(C2Nc3ccccc3NC3=C2C(=O)CC(c2ccccc2Cl)C3)cc(Br)c1O. The van der Waals surface area contributed by atoms with Crippen molar-refractivity contribution in [3.63, 3.8) is 0 Å². The first-order valence-corrected chi connectivity index (χ1v) is 11.8. The molecule has 0 saturated carbocycles. The molecular weight excluding hydrogens is 504 g/mol. The van der Waals surface area contributed by atoms with E-state index in [-0.39, 0.29) is 17.5 Å². The third-order valence-electron chi connectivity index (χ3n) is 6.26. The summed E-state index contributed by atoms with van der Waals surface area (Å²) >= 11 is 9.90. The lowest BCUT2D eigenvalue weighted by atomic mass is 9.78. The summed E-state index contributed by atoms with van der Waals surface area (Å²) in [7, 11) is 1.51. The Bertz CT molecular complexity index is 1290. The van der Waals surface area contributed by atoms with E-state index in [0.717, 1.165) is 28.2 Å². The second-order valence-electron chi connectivity index (χ2n) is 8.24. The summed E-state index contributed by atoms with van der Waals surface area (Å²) in [5, 5.41) is 18.1. The van der Waals surface area contributed by atoms with Gasteiger partial charge in [-0.25, -0.2) is 0 Å². The first-order valence-electron chi connectivity index (χ1n) is 10.7. The number of benzene rings is 3. The largest absolute Gasteiger partial charge is 0.503 e. The molecule has 1 aliphatic carbocycles. The van der Waals surface area contributed by atoms with E-state index in [2.05, 4.69) is 26.6 Å². The summed E-state index contributed by atoms with van der Waals surface area (Å²) in [5.41, 5.74) is 5.16. The molecule has 2 aliphatic rings. The van der Waals surface area contributed by atoms with Crippen molar-refractivity contribution < 1.29 is 14.6 Å². The molecule has 0 radical (unpaired) electrons. The molecule has 3 aromatic carbocycles. The second-order valence-corrected chi connectivity index (χ2v) is 9.51. The van der Waals surface area contributed by atoms with Crippen molar-refractivity contribution in [3.05, 3.63) is 92.6 Å². The van der Waals surface area contributed by atoms with Gasteiger partial charge in [0.05, 0.1) is 29.0 Å². The van der Waals surface area contributed by atoms with Crippen molar-refractivity contribution in [3.8, 4) is 11.5 Å². The van der Waals surface area contributed by atoms with Crippen LogP contribution in [0.5, 0.6) is 11.5 Å². The number of phenols is 1. The minimum absolute atomic E-state index is 0.00977. The summed E-state index contributed by atoms with van der Waals surface area (Å²) in [6, 6.07) is 18.8. The summed E-state index contributed by atoms with van der Waals surface area (Å²) in [6.07, 6.45) is 1.03. The lowest BCUT2D eigenvalue weighted by Crippen LogP contribution is -2.27. The fourth-order valence-electron chi connectivity index (χ4n) is 4.68. The van der Waals surface area contributed by atoms with Gasteiger partial charge in [-0.2, -0.15) is 0 Å². The van der Waals surface area contributed by atoms with Crippen molar-refractivity contribution in [1.82, 2.24) is 0 Å². The number of anilines is 2. The van der Waals surface area contributed by atoms with Crippen molar-refractivity contribution in [2.75, 3.05) is 17.7 Å². The van der Waals surface area contributed by atoms with Crippen molar-refractivity contribution in [2.45, 2.75) is 24.8 Å². The number of carbonyl (C=O) groups is 1. The molecule has 0 aromatic heterocycles. The average Bonchev–Trinajstić information content (AvgIpc) is 2.98. The predicted molar refractivity (Wildman–Crippen MR) is 134 cm³/mol. The van der Waals surface area contributed by atoms with Gasteiger partial charge in [-0.1, -0.05) is 41.9 Å². The number of phenolic OH excluding ortho intramolecular Hbond substituents is 1. The number of para-hydroxylation sites is 2. The van der Waals surface area contributed by atoms with Gasteiger partial charge >= 0.3 is 0 Å². The third-order valence-corrected chi connectivity index (χ3v) is 7.21. The highest BCUT2D eigenvalue weighted by atomic mass is 79.9. The summed E-state index contributed by atoms with van der Waals surface area (Å²) in [6.45, 7) is 0. The van der Waals surface area contributed by atoms with Crippen LogP contribution in [0, 0.1) is 0 Å². The van der Waals surface area contributed by atoms with E-state index < -0.39 is 6.04 Å². The van der Waals surface area contributed by atoms with Gasteiger partial charge in [-0.05, 0) is 69.7 Å². The van der Waals surface area contributed by atoms with Gasteiger partial charge in [-0.3, -0.25) is 4.79 Å². The molecule has 1 heterocycles. The van der Waals surface area contributed by atoms with E-state index in [4.69, 9.17) is 16.3 Å². The number of nitrogens with one attached hydrogen (secondary N) is 2. The first-order chi connectivity index (χ1) is 16.0. The molecule has 3 N–H and O–H groups in total. The van der Waals surface area contributed by atoms with Crippen LogP contribution in [0.3, 0.4) is 0 Å². The number of Topliss-reactive ketones (excluding diaryl/α,β-unsaturated/α-hetero) is 1. The molecule has 3 aromatic rings. The Labute approximate surface area is 205 Å². The van der Waals surface area contributed by atoms with E-state index in [1.165, 1.54) is 7.11 Å². The Morgan fingerprint density at radius 3 is 2.55 bits per heavy atom. The Balaban J connectivity index is 1.65. The molecule has 168 valence electrons. The highest BCUT2D eigenvalue weighted by Crippen LogP contribution is 2.47. The van der Waals surface area contributed by atoms with Gasteiger partial charge in [0.1, 0.15) is 0 Å². The number of aromatic hydroxyl groups is 1. The lowest BCUT2D eigenvalue weighted by Gasteiger charge is -2.30. The number of halogens is 2. The molecule has 2 atom stereocenters. The number of fused-ring (bicyclic) bond motifs is 1. The molecule has 1 aliphatic heterocycles. The molecule has 5 nitrogen and oxygen atoms in total. The average molecular weight is 526 g/mol. The van der Waals surface area contributed by atoms with Crippen molar-refractivity contribution in [1.29, 1.82) is 0 Å². The van der Waals surface area contributed by atoms with Crippen LogP contribution >= 0.6 is 27.5 Å². The zero-order valence-electron chi connectivity index (χ0n) is 17.9. The zero-order chi connectivity index (χ0) is 23.1. The third kappa shape index (κ3) is 3.98. The van der Waals surface area contributed by atoms with Crippen LogP contribution in [-0.2, 0) is 4.79 Å². The van der Waals surface area contributed by atoms with Gasteiger partial charge < -0.3 is 20.5 Å². The normalized spacial score (nSPS) is 19.7. The molecule has 0 bridgehead atoms. The summed E-state index contributed by atoms with van der Waals surface area (Å²) in [4.78, 5) is 13.6. The molecule has 0 amide bonds. The topological polar surface area (TPSA) is 70.6 Å². The van der Waals surface area contributed by atoms with Crippen LogP contribution in [0.2, 0.25) is 5.02 Å². The highest BCUT2D eigenvalue weighted by molar-refractivity contribution is 9.10. The number of ether oxygens (including phenoxy) is 1. The fourth-order valence-corrected chi connectivity index (χ4v) is 5.43. The summed E-state index contributed by atoms with van der Waals surface area (Å²) < 4.78 is 5.87. The van der Waals surface area contributed by atoms with Crippen LogP contribution in [0.25, 0.3) is 0 Å². The van der Waals surface area contributed by atoms with Gasteiger partial charge in [0, 0.05) is 22.7 Å². The van der Waals surface area contributed by atoms with E-state index in [9.17, 15) is 9.90 Å². The van der Waals surface area contributed by atoms with Gasteiger partial charge in [0.2, 0.25) is 0 Å². The summed E-state index contributed by atoms with van der Waals surface area (Å²) in [5.74, 6) is 0.411. The standard InChI is InChI=1S/C26H22BrClN2O3/c1-33-23-13-15(10-17(27)26(23)32)25-24-21(29-19-8-4-5-9-20(19)30-25)11-14(12-22(24)31)16-6-2-3-7-18(16)28/h2-10,13-14,25,29-30,32H,11-12H2,1H3. The van der Waals surface area contributed by atoms with Crippen LogP contribution in [0.4, 0.5) is 11.4 Å². The molecule has 7 heteroatoms. The maximum absolute atomic E-state index is 13.6. The predicted octanol–water partition coefficient (Wildman–Crippen LogP) is 6.80. The van der Waals surface area contributed by atoms with Gasteiger partial charge in [0.25, 0.3) is 0 Å². The number of rotatable bonds is 3. The van der Waals surface area contributed by atoms with E-state index in [0.29, 0.717) is 33.7 Å². The number of methoxy groups -OCH3 is 1. The quantitative estimate of drug-likeness (QED) is 0.351. The van der Waals surface area contributed by atoms with Crippen LogP contribution < -0.4 is 15.4 Å². The van der Waals surface area contributed by atoms with E-state index in [1.54, 1.807) is 6.07 Å². The number of allylic oxidation sites excluding steroid dienone is 1.